The van der Waals surface area contributed by atoms with Crippen LogP contribution in [-0.4, -0.2) is 65.1 Å². The summed E-state index contributed by atoms with van der Waals surface area (Å²) in [5.74, 6) is -4.72. The standard InChI is InChI=1S/C23H27N7O5S/c1-36-11-16(22(33)29-15-8-6-13(7-9-15)20(26)27)18(23(34)35)30-17(31)10-28-21(32)14-4-2-12(3-5-14)19(24)25/h2-9,16,18H,10-11H2,1H3,(H3,24,25)(H3,26,27)(H,28,32)(H,29,33)(H,30,31)(H,34,35)/t16-,18-/m0/s1. The lowest BCUT2D eigenvalue weighted by atomic mass is 10.0. The Balaban J connectivity index is 2.04. The third kappa shape index (κ3) is 7.84. The molecule has 0 aliphatic heterocycles. The third-order valence-electron chi connectivity index (χ3n) is 5.00. The first-order chi connectivity index (χ1) is 17.0. The molecule has 0 saturated heterocycles. The van der Waals surface area contributed by atoms with E-state index < -0.39 is 42.2 Å². The molecule has 36 heavy (non-hydrogen) atoms. The van der Waals surface area contributed by atoms with Crippen molar-refractivity contribution in [1.29, 1.82) is 10.8 Å². The monoisotopic (exact) mass is 513 g/mol. The quantitative estimate of drug-likeness (QED) is 0.144. The van der Waals surface area contributed by atoms with Crippen LogP contribution in [0.4, 0.5) is 5.69 Å². The second kappa shape index (κ2) is 12.9. The van der Waals surface area contributed by atoms with Crippen molar-refractivity contribution in [3.05, 3.63) is 65.2 Å². The minimum atomic E-state index is -1.55. The lowest BCUT2D eigenvalue weighted by Crippen LogP contribution is -2.52. The molecule has 10 N–H and O–H groups in total. The Morgan fingerprint density at radius 1 is 0.917 bits per heavy atom. The lowest BCUT2D eigenvalue weighted by Gasteiger charge is -2.24. The number of carboxylic acids is 1. The van der Waals surface area contributed by atoms with E-state index in [-0.39, 0.29) is 23.0 Å². The number of nitrogens with one attached hydrogen (secondary N) is 5. The molecular formula is C23H27N7O5S. The molecule has 2 aromatic carbocycles. The Kier molecular flexibility index (Phi) is 9.98. The molecule has 0 radical (unpaired) electrons. The highest BCUT2D eigenvalue weighted by molar-refractivity contribution is 7.98. The molecule has 2 rings (SSSR count). The van der Waals surface area contributed by atoms with E-state index >= 15 is 0 Å². The van der Waals surface area contributed by atoms with Gasteiger partial charge in [-0.15, -0.1) is 0 Å². The van der Waals surface area contributed by atoms with Gasteiger partial charge in [0.2, 0.25) is 11.8 Å². The molecule has 2 atom stereocenters. The summed E-state index contributed by atoms with van der Waals surface area (Å²) in [6, 6.07) is 10.4. The molecular weight excluding hydrogens is 486 g/mol. The van der Waals surface area contributed by atoms with Crippen LogP contribution in [0.25, 0.3) is 0 Å². The number of hydrogen-bond donors (Lipinski definition) is 8. The molecule has 3 amide bonds. The molecule has 0 spiro atoms. The van der Waals surface area contributed by atoms with Gasteiger partial charge in [-0.1, -0.05) is 12.1 Å². The van der Waals surface area contributed by atoms with Crippen molar-refractivity contribution >= 4 is 52.8 Å². The number of nitrogens with two attached hydrogens (primary N) is 2. The number of benzene rings is 2. The Hall–Kier alpha value is -4.39. The van der Waals surface area contributed by atoms with Crippen LogP contribution in [0.5, 0.6) is 0 Å². The summed E-state index contributed by atoms with van der Waals surface area (Å²) in [5.41, 5.74) is 12.3. The number of amides is 3. The number of anilines is 1. The van der Waals surface area contributed by atoms with Crippen molar-refractivity contribution in [1.82, 2.24) is 10.6 Å². The average molecular weight is 514 g/mol. The molecule has 0 bridgehead atoms. The summed E-state index contributed by atoms with van der Waals surface area (Å²) < 4.78 is 0. The van der Waals surface area contributed by atoms with E-state index in [4.69, 9.17) is 22.3 Å². The van der Waals surface area contributed by atoms with Crippen LogP contribution >= 0.6 is 11.8 Å². The van der Waals surface area contributed by atoms with Crippen LogP contribution in [0.2, 0.25) is 0 Å². The van der Waals surface area contributed by atoms with Crippen molar-refractivity contribution in [2.75, 3.05) is 23.9 Å². The van der Waals surface area contributed by atoms with Crippen molar-refractivity contribution in [2.24, 2.45) is 17.4 Å². The average Bonchev–Trinajstić information content (AvgIpc) is 2.84. The van der Waals surface area contributed by atoms with Crippen LogP contribution in [-0.2, 0) is 14.4 Å². The van der Waals surface area contributed by atoms with Gasteiger partial charge >= 0.3 is 5.97 Å². The lowest BCUT2D eigenvalue weighted by molar-refractivity contribution is -0.145. The molecule has 0 aromatic heterocycles. The second-order valence-electron chi connectivity index (χ2n) is 7.60. The van der Waals surface area contributed by atoms with Gasteiger partial charge in [-0.25, -0.2) is 4.79 Å². The number of aliphatic carboxylic acids is 1. The summed E-state index contributed by atoms with van der Waals surface area (Å²) >= 11 is 1.23. The van der Waals surface area contributed by atoms with E-state index in [2.05, 4.69) is 16.0 Å². The Morgan fingerprint density at radius 3 is 1.89 bits per heavy atom. The maximum atomic E-state index is 12.9. The minimum absolute atomic E-state index is 0.101. The predicted octanol–water partition coefficient (Wildman–Crippen LogP) is 0.172. The van der Waals surface area contributed by atoms with Crippen LogP contribution in [0, 0.1) is 16.7 Å². The number of rotatable bonds is 12. The minimum Gasteiger partial charge on any atom is -0.480 e. The normalized spacial score (nSPS) is 12.0. The highest BCUT2D eigenvalue weighted by Gasteiger charge is 2.35. The van der Waals surface area contributed by atoms with Gasteiger partial charge in [-0.05, 0) is 42.7 Å². The largest absolute Gasteiger partial charge is 0.480 e. The van der Waals surface area contributed by atoms with E-state index in [0.29, 0.717) is 16.8 Å². The first-order valence-corrected chi connectivity index (χ1v) is 11.9. The van der Waals surface area contributed by atoms with Crippen molar-refractivity contribution in [3.8, 4) is 0 Å². The van der Waals surface area contributed by atoms with Gasteiger partial charge in [0.05, 0.1) is 12.5 Å². The van der Waals surface area contributed by atoms with E-state index in [9.17, 15) is 24.3 Å². The van der Waals surface area contributed by atoms with Gasteiger partial charge in [0.25, 0.3) is 5.91 Å². The maximum Gasteiger partial charge on any atom is 0.327 e. The molecule has 0 aliphatic rings. The first-order valence-electron chi connectivity index (χ1n) is 10.5. The molecule has 13 heteroatoms. The Bertz CT molecular complexity index is 1150. The summed E-state index contributed by atoms with van der Waals surface area (Å²) in [5, 5.41) is 31.8. The second-order valence-corrected chi connectivity index (χ2v) is 8.51. The molecule has 0 heterocycles. The van der Waals surface area contributed by atoms with E-state index in [1.165, 1.54) is 60.3 Å². The van der Waals surface area contributed by atoms with Crippen molar-refractivity contribution in [3.63, 3.8) is 0 Å². The topological polar surface area (TPSA) is 224 Å². The first kappa shape index (κ1) is 27.9. The molecule has 0 fully saturated rings. The van der Waals surface area contributed by atoms with Gasteiger partial charge in [-0.2, -0.15) is 11.8 Å². The fourth-order valence-corrected chi connectivity index (χ4v) is 3.80. The Morgan fingerprint density at radius 2 is 1.42 bits per heavy atom. The number of amidine groups is 2. The zero-order chi connectivity index (χ0) is 26.8. The van der Waals surface area contributed by atoms with Crippen molar-refractivity contribution < 1.29 is 24.3 Å². The molecule has 0 unspecified atom stereocenters. The van der Waals surface area contributed by atoms with Crippen LogP contribution in [0.3, 0.4) is 0 Å². The van der Waals surface area contributed by atoms with E-state index in [1.807, 2.05) is 0 Å². The summed E-state index contributed by atoms with van der Waals surface area (Å²) in [4.78, 5) is 49.5. The smallest absolute Gasteiger partial charge is 0.327 e. The number of carbonyl (C=O) groups is 4. The predicted molar refractivity (Wildman–Crippen MR) is 137 cm³/mol. The number of thioether (sulfide) groups is 1. The molecule has 0 saturated carbocycles. The SMILES string of the molecule is CSC[C@H](C(=O)Nc1ccc(C(=N)N)cc1)[C@H](NC(=O)CNC(=O)c1ccc(C(=N)N)cc1)C(=O)O. The van der Waals surface area contributed by atoms with Crippen LogP contribution < -0.4 is 27.4 Å². The fraction of sp³-hybridized carbons (Fsp3) is 0.217. The highest BCUT2D eigenvalue weighted by atomic mass is 32.2. The highest BCUT2D eigenvalue weighted by Crippen LogP contribution is 2.16. The Labute approximate surface area is 211 Å². The van der Waals surface area contributed by atoms with E-state index in [1.54, 1.807) is 6.26 Å². The number of hydrogen-bond acceptors (Lipinski definition) is 7. The molecule has 190 valence electrons. The maximum absolute atomic E-state index is 12.9. The van der Waals surface area contributed by atoms with Crippen LogP contribution in [0.15, 0.2) is 48.5 Å². The summed E-state index contributed by atoms with van der Waals surface area (Å²) in [6.07, 6.45) is 1.69. The third-order valence-corrected chi connectivity index (χ3v) is 5.69. The summed E-state index contributed by atoms with van der Waals surface area (Å²) in [6.45, 7) is -0.517. The number of nitrogen functional groups attached to an aromatic ring is 2. The molecule has 0 aliphatic carbocycles. The number of carbonyl (C=O) groups excluding carboxylic acids is 3. The van der Waals surface area contributed by atoms with Gasteiger partial charge in [-0.3, -0.25) is 25.2 Å². The fourth-order valence-electron chi connectivity index (χ4n) is 3.09. The van der Waals surface area contributed by atoms with Crippen LogP contribution in [0.1, 0.15) is 21.5 Å². The van der Waals surface area contributed by atoms with Gasteiger partial charge in [0.15, 0.2) is 0 Å². The zero-order valence-corrected chi connectivity index (χ0v) is 20.1. The van der Waals surface area contributed by atoms with Gasteiger partial charge in [0, 0.05) is 28.1 Å². The molecule has 12 nitrogen and oxygen atoms in total. The van der Waals surface area contributed by atoms with Gasteiger partial charge < -0.3 is 32.5 Å². The van der Waals surface area contributed by atoms with Gasteiger partial charge in [0.1, 0.15) is 17.7 Å². The zero-order valence-electron chi connectivity index (χ0n) is 19.3. The number of carboxylic acid groups (broad SMARTS) is 1. The van der Waals surface area contributed by atoms with Crippen molar-refractivity contribution in [2.45, 2.75) is 6.04 Å². The molecule has 2 aromatic rings. The van der Waals surface area contributed by atoms with E-state index in [0.717, 1.165) is 0 Å². The summed E-state index contributed by atoms with van der Waals surface area (Å²) in [7, 11) is 0.